The molecule has 0 aliphatic carbocycles. The van der Waals surface area contributed by atoms with Crippen LogP contribution >= 0.6 is 11.6 Å². The van der Waals surface area contributed by atoms with Crippen LogP contribution in [0.15, 0.2) is 11.8 Å². The first-order valence-electron chi connectivity index (χ1n) is 4.91. The normalized spacial score (nSPS) is 10.8. The molecule has 0 N–H and O–H groups in total. The zero-order valence-corrected chi connectivity index (χ0v) is 10.1. The van der Waals surface area contributed by atoms with Crippen molar-refractivity contribution in [3.63, 3.8) is 0 Å². The molecule has 0 radical (unpaired) electrons. The van der Waals surface area contributed by atoms with Gasteiger partial charge < -0.3 is 14.2 Å². The average Bonchev–Trinajstić information content (AvgIpc) is 2.24. The van der Waals surface area contributed by atoms with Gasteiger partial charge in [0.2, 0.25) is 0 Å². The van der Waals surface area contributed by atoms with E-state index in [9.17, 15) is 9.59 Å². The van der Waals surface area contributed by atoms with Gasteiger partial charge in [-0.15, -0.1) is 11.6 Å². The van der Waals surface area contributed by atoms with Gasteiger partial charge in [-0.25, -0.2) is 9.59 Å². The van der Waals surface area contributed by atoms with Gasteiger partial charge in [0, 0.05) is 5.88 Å². The van der Waals surface area contributed by atoms with E-state index in [4.69, 9.17) is 16.3 Å². The molecule has 0 bridgehead atoms. The van der Waals surface area contributed by atoms with Gasteiger partial charge in [0.25, 0.3) is 0 Å². The van der Waals surface area contributed by atoms with Gasteiger partial charge in [-0.05, 0) is 20.3 Å². The van der Waals surface area contributed by atoms with Crippen molar-refractivity contribution in [2.24, 2.45) is 0 Å². The largest absolute Gasteiger partial charge is 0.513 e. The SMILES string of the molecule is CCOC(=O)O/C=C(\CCCl)C(=O)OCC. The summed E-state index contributed by atoms with van der Waals surface area (Å²) in [5, 5.41) is 0. The van der Waals surface area contributed by atoms with E-state index in [1.807, 2.05) is 0 Å². The Hall–Kier alpha value is -1.23. The van der Waals surface area contributed by atoms with Gasteiger partial charge in [0.05, 0.1) is 18.8 Å². The smallest absolute Gasteiger partial charge is 0.463 e. The maximum atomic E-state index is 11.3. The standard InChI is InChI=1S/C10H15ClO5/c1-3-14-9(12)8(5-6-11)7-16-10(13)15-4-2/h7H,3-6H2,1-2H3/b8-7+. The molecule has 0 spiro atoms. The minimum absolute atomic E-state index is 0.199. The topological polar surface area (TPSA) is 61.8 Å². The van der Waals surface area contributed by atoms with Crippen molar-refractivity contribution in [3.8, 4) is 0 Å². The van der Waals surface area contributed by atoms with Crippen molar-refractivity contribution in [2.75, 3.05) is 19.1 Å². The second-order valence-electron chi connectivity index (χ2n) is 2.60. The minimum Gasteiger partial charge on any atom is -0.463 e. The van der Waals surface area contributed by atoms with Crippen LogP contribution in [0.5, 0.6) is 0 Å². The number of carbonyl (C=O) groups excluding carboxylic acids is 2. The van der Waals surface area contributed by atoms with Crippen LogP contribution in [0.3, 0.4) is 0 Å². The summed E-state index contributed by atoms with van der Waals surface area (Å²) >= 11 is 5.50. The van der Waals surface area contributed by atoms with Gasteiger partial charge in [-0.3, -0.25) is 0 Å². The van der Waals surface area contributed by atoms with Crippen molar-refractivity contribution in [2.45, 2.75) is 20.3 Å². The summed E-state index contributed by atoms with van der Waals surface area (Å²) in [6.45, 7) is 3.78. The molecule has 0 aromatic rings. The Morgan fingerprint density at radius 3 is 2.31 bits per heavy atom. The van der Waals surface area contributed by atoms with Crippen LogP contribution in [0.25, 0.3) is 0 Å². The third-order valence-corrected chi connectivity index (χ3v) is 1.65. The average molecular weight is 251 g/mol. The Kier molecular flexibility index (Phi) is 8.34. The molecule has 6 heteroatoms. The third kappa shape index (κ3) is 6.29. The van der Waals surface area contributed by atoms with Gasteiger partial charge in [-0.2, -0.15) is 0 Å². The van der Waals surface area contributed by atoms with Crippen LogP contribution in [-0.4, -0.2) is 31.2 Å². The van der Waals surface area contributed by atoms with E-state index >= 15 is 0 Å². The Morgan fingerprint density at radius 2 is 1.81 bits per heavy atom. The first-order valence-corrected chi connectivity index (χ1v) is 5.44. The molecule has 0 saturated carbocycles. The molecule has 92 valence electrons. The van der Waals surface area contributed by atoms with E-state index in [0.717, 1.165) is 6.26 Å². The molecule has 0 aromatic carbocycles. The van der Waals surface area contributed by atoms with Crippen molar-refractivity contribution in [1.29, 1.82) is 0 Å². The van der Waals surface area contributed by atoms with E-state index < -0.39 is 12.1 Å². The lowest BCUT2D eigenvalue weighted by molar-refractivity contribution is -0.138. The van der Waals surface area contributed by atoms with Crippen LogP contribution in [0.4, 0.5) is 4.79 Å². The van der Waals surface area contributed by atoms with E-state index in [1.165, 1.54) is 0 Å². The summed E-state index contributed by atoms with van der Waals surface area (Å²) < 4.78 is 13.9. The monoisotopic (exact) mass is 250 g/mol. The van der Waals surface area contributed by atoms with Crippen molar-refractivity contribution < 1.29 is 23.8 Å². The minimum atomic E-state index is -0.862. The number of halogens is 1. The van der Waals surface area contributed by atoms with Gasteiger partial charge >= 0.3 is 12.1 Å². The number of alkyl halides is 1. The van der Waals surface area contributed by atoms with E-state index in [0.29, 0.717) is 0 Å². The molecule has 0 atom stereocenters. The first kappa shape index (κ1) is 14.8. The second-order valence-corrected chi connectivity index (χ2v) is 2.98. The molecule has 0 aliphatic heterocycles. The lowest BCUT2D eigenvalue weighted by Gasteiger charge is -2.05. The van der Waals surface area contributed by atoms with E-state index in [-0.39, 0.29) is 31.1 Å². The molecule has 0 aromatic heterocycles. The molecule has 16 heavy (non-hydrogen) atoms. The van der Waals surface area contributed by atoms with Crippen LogP contribution in [-0.2, 0) is 19.0 Å². The van der Waals surface area contributed by atoms with E-state index in [2.05, 4.69) is 9.47 Å². The lowest BCUT2D eigenvalue weighted by atomic mass is 10.2. The fourth-order valence-electron chi connectivity index (χ4n) is 0.806. The fourth-order valence-corrected chi connectivity index (χ4v) is 1.01. The summed E-state index contributed by atoms with van der Waals surface area (Å²) in [6.07, 6.45) is 0.414. The van der Waals surface area contributed by atoms with Crippen molar-refractivity contribution >= 4 is 23.7 Å². The highest BCUT2D eigenvalue weighted by molar-refractivity contribution is 6.18. The van der Waals surface area contributed by atoms with Crippen LogP contribution in [0.1, 0.15) is 20.3 Å². The lowest BCUT2D eigenvalue weighted by Crippen LogP contribution is -2.10. The molecule has 0 unspecified atom stereocenters. The summed E-state index contributed by atoms with van der Waals surface area (Å²) in [5.41, 5.74) is 0.199. The van der Waals surface area contributed by atoms with Crippen molar-refractivity contribution in [3.05, 3.63) is 11.8 Å². The van der Waals surface area contributed by atoms with Crippen molar-refractivity contribution in [1.82, 2.24) is 0 Å². The van der Waals surface area contributed by atoms with Crippen LogP contribution in [0.2, 0.25) is 0 Å². The number of hydrogen-bond donors (Lipinski definition) is 0. The highest BCUT2D eigenvalue weighted by Crippen LogP contribution is 2.06. The predicted molar refractivity (Wildman–Crippen MR) is 58.2 cm³/mol. The Balaban J connectivity index is 4.33. The van der Waals surface area contributed by atoms with Gasteiger partial charge in [-0.1, -0.05) is 0 Å². The summed E-state index contributed by atoms with van der Waals surface area (Å²) in [7, 11) is 0. The Labute approximate surface area is 99.3 Å². The Morgan fingerprint density at radius 1 is 1.19 bits per heavy atom. The number of carbonyl (C=O) groups is 2. The number of esters is 1. The zero-order chi connectivity index (χ0) is 12.4. The third-order valence-electron chi connectivity index (χ3n) is 1.46. The molecule has 0 fully saturated rings. The molecule has 0 heterocycles. The maximum Gasteiger partial charge on any atom is 0.513 e. The summed E-state index contributed by atoms with van der Waals surface area (Å²) in [5.74, 6) is -0.316. The molecule has 0 aliphatic rings. The highest BCUT2D eigenvalue weighted by atomic mass is 35.5. The fraction of sp³-hybridized carbons (Fsp3) is 0.600. The second kappa shape index (κ2) is 9.03. The van der Waals surface area contributed by atoms with E-state index in [1.54, 1.807) is 13.8 Å². The summed E-state index contributed by atoms with van der Waals surface area (Å²) in [4.78, 5) is 22.2. The molecule has 0 amide bonds. The van der Waals surface area contributed by atoms with Crippen LogP contribution in [0, 0.1) is 0 Å². The molecular weight excluding hydrogens is 236 g/mol. The summed E-state index contributed by atoms with van der Waals surface area (Å²) in [6, 6.07) is 0. The molecule has 0 rings (SSSR count). The number of ether oxygens (including phenoxy) is 3. The highest BCUT2D eigenvalue weighted by Gasteiger charge is 2.11. The molecule has 5 nitrogen and oxygen atoms in total. The zero-order valence-electron chi connectivity index (χ0n) is 9.32. The quantitative estimate of drug-likeness (QED) is 0.313. The number of rotatable bonds is 6. The molecule has 0 saturated heterocycles. The number of hydrogen-bond acceptors (Lipinski definition) is 5. The molecular formula is C10H15ClO5. The maximum absolute atomic E-state index is 11.3. The van der Waals surface area contributed by atoms with Crippen LogP contribution < -0.4 is 0 Å². The Bertz CT molecular complexity index is 262. The first-order chi connectivity index (χ1) is 7.65. The van der Waals surface area contributed by atoms with Gasteiger partial charge in [0.1, 0.15) is 6.26 Å². The van der Waals surface area contributed by atoms with Gasteiger partial charge in [0.15, 0.2) is 0 Å². The predicted octanol–water partition coefficient (Wildman–Crippen LogP) is 2.24.